The van der Waals surface area contributed by atoms with Gasteiger partial charge in [0.05, 0.1) is 0 Å². The molecule has 0 fully saturated rings. The Hall–Kier alpha value is -0.970. The van der Waals surface area contributed by atoms with E-state index in [0.29, 0.717) is 0 Å². The van der Waals surface area contributed by atoms with Crippen LogP contribution in [0.2, 0.25) is 0 Å². The molecule has 14 heavy (non-hydrogen) atoms. The molecular formula is C12H20NO. The Morgan fingerprint density at radius 1 is 1.21 bits per heavy atom. The number of unbranched alkanes of at least 4 members (excludes halogenated alkanes) is 4. The highest BCUT2D eigenvalue weighted by atomic mass is 16.1. The molecule has 2 heteroatoms. The summed E-state index contributed by atoms with van der Waals surface area (Å²) in [5.41, 5.74) is 0. The predicted molar refractivity (Wildman–Crippen MR) is 59.5 cm³/mol. The number of hydrogen-bond donors (Lipinski definition) is 0. The zero-order valence-corrected chi connectivity index (χ0v) is 9.09. The average Bonchev–Trinajstić information content (AvgIpc) is 2.21. The van der Waals surface area contributed by atoms with Crippen molar-refractivity contribution in [2.45, 2.75) is 38.5 Å². The predicted octanol–water partition coefficient (Wildman–Crippen LogP) is 2.25. The molecule has 0 aliphatic heterocycles. The lowest BCUT2D eigenvalue weighted by Gasteiger charge is -2.05. The minimum absolute atomic E-state index is 0.732. The molecule has 1 radical (unpaired) electrons. The molecule has 2 nitrogen and oxygen atoms in total. The van der Waals surface area contributed by atoms with Gasteiger partial charge in [0.2, 0.25) is 6.41 Å². The van der Waals surface area contributed by atoms with Gasteiger partial charge in [0, 0.05) is 26.4 Å². The zero-order chi connectivity index (χ0) is 10.6. The Morgan fingerprint density at radius 3 is 2.57 bits per heavy atom. The fourth-order valence-electron chi connectivity index (χ4n) is 1.03. The Labute approximate surface area is 87.7 Å². The summed E-state index contributed by atoms with van der Waals surface area (Å²) in [6, 6.07) is 0. The first-order valence-corrected chi connectivity index (χ1v) is 5.21. The van der Waals surface area contributed by atoms with Crippen LogP contribution in [0.1, 0.15) is 38.5 Å². The first-order valence-electron chi connectivity index (χ1n) is 5.21. The fraction of sp³-hybridized carbons (Fsp3) is 0.667. The van der Waals surface area contributed by atoms with E-state index in [1.165, 1.54) is 19.3 Å². The first-order chi connectivity index (χ1) is 6.81. The molecule has 0 aliphatic rings. The Bertz CT molecular complexity index is 190. The van der Waals surface area contributed by atoms with Gasteiger partial charge in [-0.15, -0.1) is 11.8 Å². The number of carbonyl (C=O) groups is 1. The summed E-state index contributed by atoms with van der Waals surface area (Å²) in [6.07, 6.45) is 7.22. The Kier molecular flexibility index (Phi) is 9.41. The van der Waals surface area contributed by atoms with E-state index in [0.717, 1.165) is 32.2 Å². The molecule has 0 N–H and O–H groups in total. The van der Waals surface area contributed by atoms with Gasteiger partial charge in [-0.1, -0.05) is 26.2 Å². The van der Waals surface area contributed by atoms with Crippen LogP contribution in [0.15, 0.2) is 0 Å². The molecule has 0 unspecified atom stereocenters. The maximum atomic E-state index is 10.2. The molecular weight excluding hydrogens is 174 g/mol. The van der Waals surface area contributed by atoms with Gasteiger partial charge in [-0.3, -0.25) is 4.79 Å². The normalized spacial score (nSPS) is 9.00. The van der Waals surface area contributed by atoms with Crippen LogP contribution >= 0.6 is 0 Å². The summed E-state index contributed by atoms with van der Waals surface area (Å²) < 4.78 is 0. The molecule has 0 rings (SSSR count). The van der Waals surface area contributed by atoms with Crippen molar-refractivity contribution in [3.8, 4) is 11.8 Å². The highest BCUT2D eigenvalue weighted by Crippen LogP contribution is 2.00. The maximum absolute atomic E-state index is 10.2. The van der Waals surface area contributed by atoms with Crippen LogP contribution in [0.4, 0.5) is 0 Å². The number of hydrogen-bond acceptors (Lipinski definition) is 1. The summed E-state index contributed by atoms with van der Waals surface area (Å²) in [7, 11) is 1.77. The van der Waals surface area contributed by atoms with E-state index < -0.39 is 0 Å². The van der Waals surface area contributed by atoms with Gasteiger partial charge in [0.15, 0.2) is 0 Å². The monoisotopic (exact) mass is 194 g/mol. The van der Waals surface area contributed by atoms with Crippen molar-refractivity contribution >= 4 is 6.41 Å². The van der Waals surface area contributed by atoms with E-state index in [1.54, 1.807) is 11.9 Å². The van der Waals surface area contributed by atoms with Crippen LogP contribution < -0.4 is 0 Å². The van der Waals surface area contributed by atoms with E-state index in [1.807, 2.05) is 0 Å². The Balaban J connectivity index is 3.22. The van der Waals surface area contributed by atoms with Gasteiger partial charge in [0.1, 0.15) is 0 Å². The fourth-order valence-corrected chi connectivity index (χ4v) is 1.03. The molecule has 0 bridgehead atoms. The third-order valence-corrected chi connectivity index (χ3v) is 1.95. The highest BCUT2D eigenvalue weighted by molar-refractivity contribution is 5.46. The van der Waals surface area contributed by atoms with E-state index in [-0.39, 0.29) is 0 Å². The average molecular weight is 194 g/mol. The summed E-state index contributed by atoms with van der Waals surface area (Å²) in [5.74, 6) is 6.17. The molecule has 0 aromatic rings. The standard InChI is InChI=1S/C12H20NO/c1-3-4-5-6-7-8-9-10-11-13(2)12-14/h12H,1,3-7,10-11H2,2H3. The molecule has 0 heterocycles. The summed E-state index contributed by atoms with van der Waals surface area (Å²) in [6.45, 7) is 4.52. The zero-order valence-electron chi connectivity index (χ0n) is 9.09. The lowest BCUT2D eigenvalue weighted by atomic mass is 10.1. The summed E-state index contributed by atoms with van der Waals surface area (Å²) >= 11 is 0. The topological polar surface area (TPSA) is 20.3 Å². The van der Waals surface area contributed by atoms with Crippen molar-refractivity contribution < 1.29 is 4.79 Å². The third-order valence-electron chi connectivity index (χ3n) is 1.95. The quantitative estimate of drug-likeness (QED) is 0.346. The van der Waals surface area contributed by atoms with E-state index in [4.69, 9.17) is 0 Å². The number of nitrogens with zero attached hydrogens (tertiary/aromatic N) is 1. The van der Waals surface area contributed by atoms with Crippen molar-refractivity contribution in [1.29, 1.82) is 0 Å². The molecule has 0 aromatic carbocycles. The molecule has 0 spiro atoms. The number of carbonyl (C=O) groups excluding carboxylic acids is 1. The lowest BCUT2D eigenvalue weighted by molar-refractivity contribution is -0.116. The molecule has 0 aliphatic carbocycles. The van der Waals surface area contributed by atoms with Crippen LogP contribution in [0, 0.1) is 18.8 Å². The lowest BCUT2D eigenvalue weighted by Crippen LogP contribution is -2.16. The van der Waals surface area contributed by atoms with Crippen molar-refractivity contribution in [3.05, 3.63) is 6.92 Å². The minimum Gasteiger partial charge on any atom is -0.347 e. The van der Waals surface area contributed by atoms with Gasteiger partial charge in [0.25, 0.3) is 0 Å². The van der Waals surface area contributed by atoms with Gasteiger partial charge in [-0.2, -0.15) is 0 Å². The molecule has 0 saturated heterocycles. The second kappa shape index (κ2) is 10.1. The van der Waals surface area contributed by atoms with E-state index in [2.05, 4.69) is 18.8 Å². The van der Waals surface area contributed by atoms with Crippen LogP contribution in [0.25, 0.3) is 0 Å². The van der Waals surface area contributed by atoms with Crippen LogP contribution in [0.3, 0.4) is 0 Å². The van der Waals surface area contributed by atoms with Crippen LogP contribution in [-0.2, 0) is 4.79 Å². The first kappa shape index (κ1) is 13.0. The largest absolute Gasteiger partial charge is 0.347 e. The smallest absolute Gasteiger partial charge is 0.209 e. The van der Waals surface area contributed by atoms with Gasteiger partial charge in [-0.25, -0.2) is 0 Å². The molecule has 0 saturated carbocycles. The second-order valence-corrected chi connectivity index (χ2v) is 3.35. The van der Waals surface area contributed by atoms with Gasteiger partial charge in [-0.05, 0) is 6.42 Å². The SMILES string of the molecule is [CH2]CCCCCC#CCCN(C)C=O. The highest BCUT2D eigenvalue weighted by Gasteiger charge is 1.88. The molecule has 0 aromatic heterocycles. The minimum atomic E-state index is 0.732. The molecule has 1 amide bonds. The van der Waals surface area contributed by atoms with Crippen molar-refractivity contribution in [3.63, 3.8) is 0 Å². The summed E-state index contributed by atoms with van der Waals surface area (Å²) in [5, 5.41) is 0. The van der Waals surface area contributed by atoms with E-state index >= 15 is 0 Å². The molecule has 0 atom stereocenters. The van der Waals surface area contributed by atoms with Gasteiger partial charge < -0.3 is 4.90 Å². The molecule has 79 valence electrons. The van der Waals surface area contributed by atoms with Gasteiger partial charge >= 0.3 is 0 Å². The van der Waals surface area contributed by atoms with Crippen molar-refractivity contribution in [1.82, 2.24) is 4.90 Å². The van der Waals surface area contributed by atoms with Crippen LogP contribution in [0.5, 0.6) is 0 Å². The second-order valence-electron chi connectivity index (χ2n) is 3.35. The van der Waals surface area contributed by atoms with Crippen LogP contribution in [-0.4, -0.2) is 24.9 Å². The van der Waals surface area contributed by atoms with Crippen molar-refractivity contribution in [2.75, 3.05) is 13.6 Å². The van der Waals surface area contributed by atoms with E-state index in [9.17, 15) is 4.79 Å². The maximum Gasteiger partial charge on any atom is 0.209 e. The Morgan fingerprint density at radius 2 is 1.93 bits per heavy atom. The number of amides is 1. The number of rotatable bonds is 7. The summed E-state index contributed by atoms with van der Waals surface area (Å²) in [4.78, 5) is 11.8. The van der Waals surface area contributed by atoms with Crippen molar-refractivity contribution in [2.24, 2.45) is 0 Å². The third kappa shape index (κ3) is 9.12.